The second-order valence-corrected chi connectivity index (χ2v) is 7.47. The molecule has 102 valence electrons. The molecule has 0 aromatic carbocycles. The van der Waals surface area contributed by atoms with Crippen LogP contribution >= 0.6 is 12.6 Å². The third-order valence-electron chi connectivity index (χ3n) is 2.07. The van der Waals surface area contributed by atoms with Crippen molar-refractivity contribution >= 4 is 28.6 Å². The molecule has 0 radical (unpaired) electrons. The van der Waals surface area contributed by atoms with Crippen LogP contribution in [0.1, 0.15) is 27.7 Å². The van der Waals surface area contributed by atoms with Gasteiger partial charge in [0.1, 0.15) is 0 Å². The van der Waals surface area contributed by atoms with Crippen molar-refractivity contribution in [2.24, 2.45) is 5.92 Å². The van der Waals surface area contributed by atoms with Crippen molar-refractivity contribution in [3.63, 3.8) is 0 Å². The van der Waals surface area contributed by atoms with E-state index in [1.807, 2.05) is 13.8 Å². The average molecular weight is 282 g/mol. The molecule has 1 atom stereocenters. The van der Waals surface area contributed by atoms with E-state index >= 15 is 0 Å². The van der Waals surface area contributed by atoms with Crippen LogP contribution in [0.3, 0.4) is 0 Å². The molecule has 0 aliphatic heterocycles. The molecule has 17 heavy (non-hydrogen) atoms. The largest absolute Gasteiger partial charge is 0.353 e. The number of rotatable bonds is 6. The fourth-order valence-electron chi connectivity index (χ4n) is 1.25. The highest BCUT2D eigenvalue weighted by atomic mass is 32.2. The van der Waals surface area contributed by atoms with Crippen LogP contribution in [0.2, 0.25) is 0 Å². The number of sulfonamides is 1. The predicted octanol–water partition coefficient (Wildman–Crippen LogP) is 0.385. The summed E-state index contributed by atoms with van der Waals surface area (Å²) in [5, 5.41) is 2.30. The molecule has 0 saturated carbocycles. The normalized spacial score (nSPS) is 14.8. The number of thiol groups is 1. The highest BCUT2D eigenvalue weighted by Crippen LogP contribution is 2.09. The molecule has 0 heterocycles. The van der Waals surface area contributed by atoms with Crippen LogP contribution in [0.5, 0.6) is 0 Å². The standard InChI is InChI=1S/C10H22N2O3S2/c1-7(2)8(16)9(13)11-6-10(3,4)12-17(5,14)15/h7-8,12,16H,6H2,1-5H3,(H,11,13). The summed E-state index contributed by atoms with van der Waals surface area (Å²) in [5.41, 5.74) is -0.715. The second-order valence-electron chi connectivity index (χ2n) is 5.16. The van der Waals surface area contributed by atoms with E-state index in [0.29, 0.717) is 0 Å². The Morgan fingerprint density at radius 2 is 1.82 bits per heavy atom. The van der Waals surface area contributed by atoms with E-state index < -0.39 is 15.6 Å². The lowest BCUT2D eigenvalue weighted by atomic mass is 10.1. The third kappa shape index (κ3) is 7.62. The van der Waals surface area contributed by atoms with Gasteiger partial charge in [-0.05, 0) is 19.8 Å². The van der Waals surface area contributed by atoms with E-state index in [2.05, 4.69) is 22.7 Å². The average Bonchev–Trinajstić information content (AvgIpc) is 2.09. The fourth-order valence-corrected chi connectivity index (χ4v) is 2.42. The first-order valence-corrected chi connectivity index (χ1v) is 7.80. The summed E-state index contributed by atoms with van der Waals surface area (Å²) in [5.74, 6) is -0.0592. The van der Waals surface area contributed by atoms with Crippen LogP contribution < -0.4 is 10.0 Å². The quantitative estimate of drug-likeness (QED) is 0.617. The van der Waals surface area contributed by atoms with Gasteiger partial charge in [0.2, 0.25) is 15.9 Å². The van der Waals surface area contributed by atoms with E-state index in [1.165, 1.54) is 0 Å². The maximum atomic E-state index is 11.6. The molecule has 0 spiro atoms. The van der Waals surface area contributed by atoms with E-state index in [9.17, 15) is 13.2 Å². The lowest BCUT2D eigenvalue weighted by molar-refractivity contribution is -0.121. The van der Waals surface area contributed by atoms with Crippen molar-refractivity contribution in [1.29, 1.82) is 0 Å². The van der Waals surface area contributed by atoms with Crippen molar-refractivity contribution in [2.45, 2.75) is 38.5 Å². The molecule has 5 nitrogen and oxygen atoms in total. The fraction of sp³-hybridized carbons (Fsp3) is 0.900. The Bertz CT molecular complexity index is 364. The summed E-state index contributed by atoms with van der Waals surface area (Å²) >= 11 is 4.19. The molecule has 0 aromatic rings. The molecule has 7 heteroatoms. The molecule has 0 bridgehead atoms. The summed E-state index contributed by atoms with van der Waals surface area (Å²) in [6.07, 6.45) is 1.09. The van der Waals surface area contributed by atoms with E-state index in [4.69, 9.17) is 0 Å². The van der Waals surface area contributed by atoms with Crippen LogP contribution in [0.4, 0.5) is 0 Å². The van der Waals surface area contributed by atoms with Crippen LogP contribution in [0.15, 0.2) is 0 Å². The molecular formula is C10H22N2O3S2. The van der Waals surface area contributed by atoms with Crippen molar-refractivity contribution in [3.8, 4) is 0 Å². The van der Waals surface area contributed by atoms with Crippen LogP contribution in [-0.2, 0) is 14.8 Å². The van der Waals surface area contributed by atoms with Gasteiger partial charge >= 0.3 is 0 Å². The first-order chi connectivity index (χ1) is 7.44. The Balaban J connectivity index is 4.33. The van der Waals surface area contributed by atoms with Gasteiger partial charge in [0.25, 0.3) is 0 Å². The van der Waals surface area contributed by atoms with Crippen LogP contribution in [0, 0.1) is 5.92 Å². The predicted molar refractivity (Wildman–Crippen MR) is 72.7 cm³/mol. The molecule has 0 aromatic heterocycles. The minimum Gasteiger partial charge on any atom is -0.353 e. The molecule has 0 fully saturated rings. The zero-order chi connectivity index (χ0) is 13.9. The Morgan fingerprint density at radius 1 is 1.35 bits per heavy atom. The van der Waals surface area contributed by atoms with Gasteiger partial charge in [0.05, 0.1) is 11.5 Å². The molecule has 1 unspecified atom stereocenters. The monoisotopic (exact) mass is 282 g/mol. The lowest BCUT2D eigenvalue weighted by Gasteiger charge is -2.26. The zero-order valence-electron chi connectivity index (χ0n) is 10.9. The van der Waals surface area contributed by atoms with Crippen molar-refractivity contribution in [1.82, 2.24) is 10.0 Å². The van der Waals surface area contributed by atoms with Gasteiger partial charge in [-0.3, -0.25) is 4.79 Å². The van der Waals surface area contributed by atoms with Crippen molar-refractivity contribution < 1.29 is 13.2 Å². The number of hydrogen-bond donors (Lipinski definition) is 3. The van der Waals surface area contributed by atoms with Gasteiger partial charge in [-0.2, -0.15) is 12.6 Å². The maximum Gasteiger partial charge on any atom is 0.233 e. The minimum absolute atomic E-state index is 0.129. The summed E-state index contributed by atoms with van der Waals surface area (Å²) in [4.78, 5) is 11.6. The highest BCUT2D eigenvalue weighted by molar-refractivity contribution is 7.88. The Hall–Kier alpha value is -0.270. The topological polar surface area (TPSA) is 75.3 Å². The highest BCUT2D eigenvalue weighted by Gasteiger charge is 2.25. The zero-order valence-corrected chi connectivity index (χ0v) is 12.7. The van der Waals surface area contributed by atoms with Gasteiger partial charge in [0, 0.05) is 12.1 Å². The Labute approximate surface area is 109 Å². The summed E-state index contributed by atoms with van der Waals surface area (Å²) < 4.78 is 24.6. The van der Waals surface area contributed by atoms with Gasteiger partial charge in [-0.1, -0.05) is 13.8 Å². The lowest BCUT2D eigenvalue weighted by Crippen LogP contribution is -2.52. The Kier molecular flexibility index (Phi) is 5.96. The molecular weight excluding hydrogens is 260 g/mol. The number of carbonyl (C=O) groups is 1. The van der Waals surface area contributed by atoms with E-state index in [0.717, 1.165) is 6.26 Å². The summed E-state index contributed by atoms with van der Waals surface area (Å²) in [6, 6.07) is 0. The van der Waals surface area contributed by atoms with Crippen LogP contribution in [-0.4, -0.2) is 37.9 Å². The van der Waals surface area contributed by atoms with Crippen molar-refractivity contribution in [3.05, 3.63) is 0 Å². The molecule has 0 rings (SSSR count). The van der Waals surface area contributed by atoms with Gasteiger partial charge < -0.3 is 5.32 Å². The molecule has 2 N–H and O–H groups in total. The van der Waals surface area contributed by atoms with E-state index in [1.54, 1.807) is 13.8 Å². The second kappa shape index (κ2) is 6.06. The third-order valence-corrected chi connectivity index (χ3v) is 3.82. The maximum absolute atomic E-state index is 11.6. The summed E-state index contributed by atoms with van der Waals surface area (Å²) in [6.45, 7) is 7.44. The molecule has 0 saturated heterocycles. The number of nitrogens with one attached hydrogen (secondary N) is 2. The molecule has 1 amide bonds. The van der Waals surface area contributed by atoms with Crippen LogP contribution in [0.25, 0.3) is 0 Å². The van der Waals surface area contributed by atoms with Gasteiger partial charge in [-0.25, -0.2) is 13.1 Å². The van der Waals surface area contributed by atoms with Crippen molar-refractivity contribution in [2.75, 3.05) is 12.8 Å². The number of carbonyl (C=O) groups excluding carboxylic acids is 1. The van der Waals surface area contributed by atoms with Gasteiger partial charge in [0.15, 0.2) is 0 Å². The minimum atomic E-state index is -3.29. The number of amides is 1. The molecule has 0 aliphatic rings. The summed E-state index contributed by atoms with van der Waals surface area (Å²) in [7, 11) is -3.29. The van der Waals surface area contributed by atoms with Gasteiger partial charge in [-0.15, -0.1) is 0 Å². The number of hydrogen-bond acceptors (Lipinski definition) is 4. The SMILES string of the molecule is CC(C)C(S)C(=O)NCC(C)(C)NS(C)(=O)=O. The Morgan fingerprint density at radius 3 is 2.18 bits per heavy atom. The van der Waals surface area contributed by atoms with E-state index in [-0.39, 0.29) is 23.6 Å². The first-order valence-electron chi connectivity index (χ1n) is 5.39. The first kappa shape index (κ1) is 16.7. The molecule has 0 aliphatic carbocycles. The smallest absolute Gasteiger partial charge is 0.233 e.